The van der Waals surface area contributed by atoms with Gasteiger partial charge in [0, 0.05) is 17.0 Å². The summed E-state index contributed by atoms with van der Waals surface area (Å²) < 4.78 is 5.92. The Morgan fingerprint density at radius 3 is 2.72 bits per heavy atom. The molecule has 0 bridgehead atoms. The lowest BCUT2D eigenvalue weighted by Crippen LogP contribution is -2.05. The van der Waals surface area contributed by atoms with Gasteiger partial charge in [0.05, 0.1) is 12.8 Å². The Hall–Kier alpha value is -1.46. The zero-order valence-corrected chi connectivity index (χ0v) is 11.5. The number of hydrogen-bond donors (Lipinski definition) is 1. The Kier molecular flexibility index (Phi) is 4.28. The van der Waals surface area contributed by atoms with Crippen molar-refractivity contribution in [1.29, 1.82) is 0 Å². The van der Waals surface area contributed by atoms with E-state index in [9.17, 15) is 5.11 Å². The molecule has 94 valence electrons. The van der Waals surface area contributed by atoms with Crippen molar-refractivity contribution >= 4 is 15.9 Å². The second kappa shape index (κ2) is 5.93. The fourth-order valence-corrected chi connectivity index (χ4v) is 2.06. The number of aliphatic hydroxyl groups excluding tert-OH is 1. The van der Waals surface area contributed by atoms with Crippen molar-refractivity contribution in [2.75, 3.05) is 7.11 Å². The van der Waals surface area contributed by atoms with Crippen LogP contribution in [0.3, 0.4) is 0 Å². The van der Waals surface area contributed by atoms with Crippen LogP contribution in [0.2, 0.25) is 0 Å². The predicted molar refractivity (Wildman–Crippen MR) is 71.4 cm³/mol. The van der Waals surface area contributed by atoms with Gasteiger partial charge in [-0.15, -0.1) is 10.2 Å². The van der Waals surface area contributed by atoms with E-state index in [-0.39, 0.29) is 0 Å². The highest BCUT2D eigenvalue weighted by molar-refractivity contribution is 9.10. The van der Waals surface area contributed by atoms with Crippen molar-refractivity contribution in [3.8, 4) is 5.88 Å². The van der Waals surface area contributed by atoms with E-state index in [0.29, 0.717) is 18.0 Å². The smallest absolute Gasteiger partial charge is 0.233 e. The van der Waals surface area contributed by atoms with E-state index in [1.54, 1.807) is 12.1 Å². The molecule has 0 amide bonds. The highest BCUT2D eigenvalue weighted by atomic mass is 79.9. The van der Waals surface area contributed by atoms with E-state index < -0.39 is 6.10 Å². The minimum absolute atomic E-state index is 0.438. The number of halogens is 1. The van der Waals surface area contributed by atoms with Crippen LogP contribution in [0.1, 0.15) is 17.4 Å². The van der Waals surface area contributed by atoms with E-state index in [2.05, 4.69) is 26.1 Å². The Labute approximate surface area is 114 Å². The normalized spacial score (nSPS) is 12.2. The number of aromatic nitrogens is 2. The van der Waals surface area contributed by atoms with Crippen LogP contribution in [-0.4, -0.2) is 22.4 Å². The number of aliphatic hydroxyl groups is 1. The fraction of sp³-hybridized carbons (Fsp3) is 0.231. The first-order chi connectivity index (χ1) is 8.69. The number of methoxy groups -OCH3 is 1. The van der Waals surface area contributed by atoms with E-state index in [4.69, 9.17) is 4.74 Å². The molecule has 5 heteroatoms. The lowest BCUT2D eigenvalue weighted by molar-refractivity contribution is 0.172. The molecule has 1 N–H and O–H groups in total. The maximum atomic E-state index is 10.1. The second-order valence-corrected chi connectivity index (χ2v) is 4.77. The van der Waals surface area contributed by atoms with Gasteiger partial charge < -0.3 is 9.84 Å². The van der Waals surface area contributed by atoms with E-state index in [1.165, 1.54) is 7.11 Å². The first kappa shape index (κ1) is 13.0. The van der Waals surface area contributed by atoms with Gasteiger partial charge in [-0.05, 0) is 23.8 Å². The van der Waals surface area contributed by atoms with Crippen LogP contribution in [0.5, 0.6) is 5.88 Å². The van der Waals surface area contributed by atoms with Gasteiger partial charge in [-0.25, -0.2) is 0 Å². The molecule has 2 rings (SSSR count). The van der Waals surface area contributed by atoms with Gasteiger partial charge in [-0.1, -0.05) is 28.1 Å². The Morgan fingerprint density at radius 1 is 1.28 bits per heavy atom. The summed E-state index contributed by atoms with van der Waals surface area (Å²) in [7, 11) is 1.53. The highest BCUT2D eigenvalue weighted by Crippen LogP contribution is 2.19. The first-order valence-corrected chi connectivity index (χ1v) is 6.28. The van der Waals surface area contributed by atoms with Gasteiger partial charge in [0.15, 0.2) is 0 Å². The Morgan fingerprint density at radius 2 is 2.11 bits per heavy atom. The lowest BCUT2D eigenvalue weighted by atomic mass is 10.1. The summed E-state index contributed by atoms with van der Waals surface area (Å²) in [5.74, 6) is 0.438. The van der Waals surface area contributed by atoms with Crippen molar-refractivity contribution in [3.05, 3.63) is 52.1 Å². The summed E-state index contributed by atoms with van der Waals surface area (Å²) in [6, 6.07) is 11.2. The monoisotopic (exact) mass is 308 g/mol. The number of hydrogen-bond acceptors (Lipinski definition) is 4. The summed E-state index contributed by atoms with van der Waals surface area (Å²) >= 11 is 3.40. The molecule has 1 aromatic carbocycles. The second-order valence-electron chi connectivity index (χ2n) is 3.85. The molecule has 0 spiro atoms. The molecule has 1 aromatic heterocycles. The van der Waals surface area contributed by atoms with Crippen molar-refractivity contribution in [2.24, 2.45) is 0 Å². The van der Waals surface area contributed by atoms with Crippen LogP contribution in [0.4, 0.5) is 0 Å². The summed E-state index contributed by atoms with van der Waals surface area (Å²) in [5, 5.41) is 17.8. The van der Waals surface area contributed by atoms with Crippen molar-refractivity contribution in [1.82, 2.24) is 10.2 Å². The summed E-state index contributed by atoms with van der Waals surface area (Å²) in [6.07, 6.45) is -0.168. The predicted octanol–water partition coefficient (Wildman–Crippen LogP) is 2.52. The fourth-order valence-electron chi connectivity index (χ4n) is 1.61. The van der Waals surface area contributed by atoms with Crippen LogP contribution >= 0.6 is 15.9 Å². The lowest BCUT2D eigenvalue weighted by Gasteiger charge is -2.10. The SMILES string of the molecule is COc1ccc(C(O)Cc2cccc(Br)c2)nn1. The molecular formula is C13H13BrN2O2. The standard InChI is InChI=1S/C13H13BrN2O2/c1-18-13-6-5-11(15-16-13)12(17)8-9-3-2-4-10(14)7-9/h2-7,12,17H,8H2,1H3. The molecule has 0 fully saturated rings. The van der Waals surface area contributed by atoms with Crippen LogP contribution in [0.25, 0.3) is 0 Å². The maximum Gasteiger partial charge on any atom is 0.233 e. The molecule has 0 aliphatic heterocycles. The number of nitrogens with zero attached hydrogens (tertiary/aromatic N) is 2. The summed E-state index contributed by atoms with van der Waals surface area (Å²) in [6.45, 7) is 0. The molecule has 0 aliphatic carbocycles. The largest absolute Gasteiger partial charge is 0.480 e. The van der Waals surface area contributed by atoms with Crippen LogP contribution in [0.15, 0.2) is 40.9 Å². The van der Waals surface area contributed by atoms with Crippen LogP contribution in [0, 0.1) is 0 Å². The zero-order chi connectivity index (χ0) is 13.0. The van der Waals surface area contributed by atoms with Gasteiger partial charge in [-0.2, -0.15) is 0 Å². The molecule has 18 heavy (non-hydrogen) atoms. The summed E-state index contributed by atoms with van der Waals surface area (Å²) in [5.41, 5.74) is 1.57. The van der Waals surface area contributed by atoms with Crippen LogP contribution < -0.4 is 4.74 Å². The van der Waals surface area contributed by atoms with E-state index in [0.717, 1.165) is 10.0 Å². The molecule has 0 saturated heterocycles. The Bertz CT molecular complexity index is 517. The average molecular weight is 309 g/mol. The average Bonchev–Trinajstić information content (AvgIpc) is 2.39. The maximum absolute atomic E-state index is 10.1. The minimum atomic E-state index is -0.669. The number of ether oxygens (including phenoxy) is 1. The molecule has 4 nitrogen and oxygen atoms in total. The van der Waals surface area contributed by atoms with E-state index >= 15 is 0 Å². The third-order valence-corrected chi connectivity index (χ3v) is 3.02. The topological polar surface area (TPSA) is 55.2 Å². The molecular weight excluding hydrogens is 296 g/mol. The van der Waals surface area contributed by atoms with Crippen LogP contribution in [-0.2, 0) is 6.42 Å². The summed E-state index contributed by atoms with van der Waals surface area (Å²) in [4.78, 5) is 0. The quantitative estimate of drug-likeness (QED) is 0.943. The zero-order valence-electron chi connectivity index (χ0n) is 9.88. The minimum Gasteiger partial charge on any atom is -0.480 e. The molecule has 1 unspecified atom stereocenters. The van der Waals surface area contributed by atoms with Gasteiger partial charge in [0.25, 0.3) is 0 Å². The molecule has 1 atom stereocenters. The highest BCUT2D eigenvalue weighted by Gasteiger charge is 2.11. The van der Waals surface area contributed by atoms with Crippen molar-refractivity contribution in [2.45, 2.75) is 12.5 Å². The van der Waals surface area contributed by atoms with Crippen molar-refractivity contribution < 1.29 is 9.84 Å². The van der Waals surface area contributed by atoms with Gasteiger partial charge in [-0.3, -0.25) is 0 Å². The first-order valence-electron chi connectivity index (χ1n) is 5.49. The van der Waals surface area contributed by atoms with Gasteiger partial charge in [0.1, 0.15) is 6.10 Å². The molecule has 0 radical (unpaired) electrons. The van der Waals surface area contributed by atoms with Gasteiger partial charge >= 0.3 is 0 Å². The third kappa shape index (κ3) is 3.27. The molecule has 0 aliphatic rings. The van der Waals surface area contributed by atoms with Crippen molar-refractivity contribution in [3.63, 3.8) is 0 Å². The molecule has 2 aromatic rings. The molecule has 1 heterocycles. The Balaban J connectivity index is 2.09. The number of benzene rings is 1. The van der Waals surface area contributed by atoms with Gasteiger partial charge in [0.2, 0.25) is 5.88 Å². The molecule has 0 saturated carbocycles. The van der Waals surface area contributed by atoms with E-state index in [1.807, 2.05) is 24.3 Å². The number of rotatable bonds is 4. The third-order valence-electron chi connectivity index (χ3n) is 2.53.